The van der Waals surface area contributed by atoms with Crippen LogP contribution in [0.25, 0.3) is 0 Å². The van der Waals surface area contributed by atoms with Gasteiger partial charge in [0.05, 0.1) is 19.8 Å². The van der Waals surface area contributed by atoms with Crippen molar-refractivity contribution in [3.8, 4) is 5.75 Å². The minimum absolute atomic E-state index is 0.348. The molecule has 7 heteroatoms. The van der Waals surface area contributed by atoms with E-state index in [1.54, 1.807) is 0 Å². The fraction of sp³-hybridized carbons (Fsp3) is 0.333. The van der Waals surface area contributed by atoms with Crippen molar-refractivity contribution < 1.29 is 24.2 Å². The summed E-state index contributed by atoms with van der Waals surface area (Å²) < 4.78 is 10.4. The van der Waals surface area contributed by atoms with Crippen LogP contribution >= 0.6 is 0 Å². The average Bonchev–Trinajstić information content (AvgIpc) is 2.75. The predicted molar refractivity (Wildman–Crippen MR) is 103 cm³/mol. The lowest BCUT2D eigenvalue weighted by Crippen LogP contribution is -2.53. The Kier molecular flexibility index (Phi) is 6.62. The Morgan fingerprint density at radius 2 is 2.00 bits per heavy atom. The van der Waals surface area contributed by atoms with Gasteiger partial charge < -0.3 is 25.2 Å². The van der Waals surface area contributed by atoms with Crippen LogP contribution in [0.1, 0.15) is 16.7 Å². The van der Waals surface area contributed by atoms with Crippen molar-refractivity contribution in [2.45, 2.75) is 31.7 Å². The summed E-state index contributed by atoms with van der Waals surface area (Å²) in [7, 11) is 1.21. The van der Waals surface area contributed by atoms with Crippen molar-refractivity contribution in [3.63, 3.8) is 0 Å². The number of carbonyl (C=O) groups excluding carboxylic acids is 2. The van der Waals surface area contributed by atoms with Gasteiger partial charge in [-0.05, 0) is 35.2 Å². The number of aliphatic hydroxyl groups excluding tert-OH is 1. The molecule has 148 valence electrons. The van der Waals surface area contributed by atoms with Gasteiger partial charge in [0.25, 0.3) is 0 Å². The molecule has 1 aliphatic heterocycles. The molecule has 0 saturated carbocycles. The standard InChI is InChI=1S/C21H24N2O5/c1-27-21(26)19(12-24)23-20(25)18-10-15-7-8-17(9-16(15)11-22-18)28-13-14-5-3-2-4-6-14/h2-9,18-19,22,24H,10-13H2,1H3,(H,23,25)/t18?,19-/m0/s1. The quantitative estimate of drug-likeness (QED) is 0.615. The normalized spacial score (nSPS) is 16.6. The summed E-state index contributed by atoms with van der Waals surface area (Å²) >= 11 is 0. The zero-order chi connectivity index (χ0) is 19.9. The van der Waals surface area contributed by atoms with Crippen LogP contribution < -0.4 is 15.4 Å². The lowest BCUT2D eigenvalue weighted by Gasteiger charge is -2.27. The highest BCUT2D eigenvalue weighted by atomic mass is 16.5. The van der Waals surface area contributed by atoms with E-state index >= 15 is 0 Å². The highest BCUT2D eigenvalue weighted by Gasteiger charge is 2.28. The maximum Gasteiger partial charge on any atom is 0.330 e. The molecule has 0 aromatic heterocycles. The van der Waals surface area contributed by atoms with Crippen LogP contribution in [0.4, 0.5) is 0 Å². The Morgan fingerprint density at radius 1 is 1.21 bits per heavy atom. The highest BCUT2D eigenvalue weighted by molar-refractivity contribution is 5.88. The second-order valence-corrected chi connectivity index (χ2v) is 6.61. The number of benzene rings is 2. The van der Waals surface area contributed by atoms with Crippen molar-refractivity contribution in [2.75, 3.05) is 13.7 Å². The zero-order valence-electron chi connectivity index (χ0n) is 15.7. The van der Waals surface area contributed by atoms with Gasteiger partial charge >= 0.3 is 5.97 Å². The maximum absolute atomic E-state index is 12.4. The SMILES string of the molecule is COC(=O)[C@H](CO)NC(=O)C1Cc2ccc(OCc3ccccc3)cc2CN1. The lowest BCUT2D eigenvalue weighted by molar-refractivity contribution is -0.146. The van der Waals surface area contributed by atoms with Gasteiger partial charge in [-0.25, -0.2) is 4.79 Å². The number of esters is 1. The first kappa shape index (κ1) is 19.9. The Balaban J connectivity index is 1.59. The predicted octanol–water partition coefficient (Wildman–Crippen LogP) is 0.930. The molecule has 1 aliphatic rings. The van der Waals surface area contributed by atoms with Gasteiger partial charge in [-0.2, -0.15) is 0 Å². The molecular formula is C21H24N2O5. The zero-order valence-corrected chi connectivity index (χ0v) is 15.7. The van der Waals surface area contributed by atoms with E-state index < -0.39 is 24.7 Å². The van der Waals surface area contributed by atoms with Gasteiger partial charge in [-0.3, -0.25) is 4.79 Å². The Labute approximate surface area is 163 Å². The molecule has 0 aliphatic carbocycles. The van der Waals surface area contributed by atoms with E-state index in [9.17, 15) is 14.7 Å². The van der Waals surface area contributed by atoms with Crippen LogP contribution in [0, 0.1) is 0 Å². The number of aliphatic hydroxyl groups is 1. The van der Waals surface area contributed by atoms with E-state index in [0.29, 0.717) is 19.6 Å². The van der Waals surface area contributed by atoms with Gasteiger partial charge in [0.2, 0.25) is 5.91 Å². The summed E-state index contributed by atoms with van der Waals surface area (Å²) in [5, 5.41) is 14.9. The van der Waals surface area contributed by atoms with Crippen LogP contribution in [-0.4, -0.2) is 42.8 Å². The molecule has 0 bridgehead atoms. The maximum atomic E-state index is 12.4. The van der Waals surface area contributed by atoms with Crippen LogP contribution in [0.5, 0.6) is 5.75 Å². The van der Waals surface area contributed by atoms with E-state index in [4.69, 9.17) is 4.74 Å². The molecule has 1 amide bonds. The fourth-order valence-electron chi connectivity index (χ4n) is 3.10. The third-order valence-corrected chi connectivity index (χ3v) is 4.69. The fourth-order valence-corrected chi connectivity index (χ4v) is 3.10. The molecule has 0 radical (unpaired) electrons. The summed E-state index contributed by atoms with van der Waals surface area (Å²) in [6.45, 7) is 0.496. The number of rotatable bonds is 7. The van der Waals surface area contributed by atoms with Crippen molar-refractivity contribution in [1.82, 2.24) is 10.6 Å². The second kappa shape index (κ2) is 9.34. The first-order valence-electron chi connectivity index (χ1n) is 9.11. The van der Waals surface area contributed by atoms with Crippen molar-refractivity contribution in [3.05, 3.63) is 65.2 Å². The molecule has 2 atom stereocenters. The molecule has 28 heavy (non-hydrogen) atoms. The number of carbonyl (C=O) groups is 2. The molecule has 7 nitrogen and oxygen atoms in total. The van der Waals surface area contributed by atoms with Crippen LogP contribution in [-0.2, 0) is 33.9 Å². The third-order valence-electron chi connectivity index (χ3n) is 4.69. The minimum atomic E-state index is -1.06. The van der Waals surface area contributed by atoms with Gasteiger partial charge in [0, 0.05) is 6.54 Å². The topological polar surface area (TPSA) is 96.9 Å². The number of nitrogens with one attached hydrogen (secondary N) is 2. The van der Waals surface area contributed by atoms with E-state index in [1.165, 1.54) is 7.11 Å². The molecule has 0 saturated heterocycles. The highest BCUT2D eigenvalue weighted by Crippen LogP contribution is 2.23. The Bertz CT molecular complexity index is 825. The van der Waals surface area contributed by atoms with Gasteiger partial charge in [-0.1, -0.05) is 36.4 Å². The van der Waals surface area contributed by atoms with Gasteiger partial charge in [0.1, 0.15) is 12.4 Å². The first-order valence-corrected chi connectivity index (χ1v) is 9.11. The number of hydrogen-bond acceptors (Lipinski definition) is 6. The summed E-state index contributed by atoms with van der Waals surface area (Å²) in [6, 6.07) is 14.2. The summed E-state index contributed by atoms with van der Waals surface area (Å²) in [5.41, 5.74) is 3.21. The van der Waals surface area contributed by atoms with Crippen LogP contribution in [0.3, 0.4) is 0 Å². The largest absolute Gasteiger partial charge is 0.489 e. The number of fused-ring (bicyclic) bond motifs is 1. The second-order valence-electron chi connectivity index (χ2n) is 6.61. The molecule has 2 aromatic carbocycles. The smallest absolute Gasteiger partial charge is 0.330 e. The number of ether oxygens (including phenoxy) is 2. The van der Waals surface area contributed by atoms with Crippen molar-refractivity contribution >= 4 is 11.9 Å². The molecule has 2 aromatic rings. The number of amides is 1. The van der Waals surface area contributed by atoms with E-state index in [2.05, 4.69) is 15.4 Å². The molecule has 1 heterocycles. The van der Waals surface area contributed by atoms with Gasteiger partial charge in [0.15, 0.2) is 6.04 Å². The average molecular weight is 384 g/mol. The van der Waals surface area contributed by atoms with E-state index in [-0.39, 0.29) is 5.91 Å². The lowest BCUT2D eigenvalue weighted by atomic mass is 9.95. The molecular weight excluding hydrogens is 360 g/mol. The molecule has 1 unspecified atom stereocenters. The van der Waals surface area contributed by atoms with Crippen molar-refractivity contribution in [1.29, 1.82) is 0 Å². The summed E-state index contributed by atoms with van der Waals surface area (Å²) in [5.74, 6) is -0.245. The molecule has 3 rings (SSSR count). The first-order chi connectivity index (χ1) is 13.6. The van der Waals surface area contributed by atoms with Crippen molar-refractivity contribution in [2.24, 2.45) is 0 Å². The van der Waals surface area contributed by atoms with E-state index in [0.717, 1.165) is 22.4 Å². The molecule has 3 N–H and O–H groups in total. The number of hydrogen-bond donors (Lipinski definition) is 3. The van der Waals surface area contributed by atoms with E-state index in [1.807, 2.05) is 48.5 Å². The molecule has 0 spiro atoms. The van der Waals surface area contributed by atoms with Crippen LogP contribution in [0.15, 0.2) is 48.5 Å². The Hall–Kier alpha value is -2.90. The van der Waals surface area contributed by atoms with Gasteiger partial charge in [-0.15, -0.1) is 0 Å². The minimum Gasteiger partial charge on any atom is -0.489 e. The monoisotopic (exact) mass is 384 g/mol. The van der Waals surface area contributed by atoms with Crippen LogP contribution in [0.2, 0.25) is 0 Å². The third kappa shape index (κ3) is 4.88. The number of methoxy groups -OCH3 is 1. The summed E-state index contributed by atoms with van der Waals surface area (Å²) in [6.07, 6.45) is 0.486. The summed E-state index contributed by atoms with van der Waals surface area (Å²) in [4.78, 5) is 23.9. The molecule has 0 fully saturated rings. The Morgan fingerprint density at radius 3 is 2.71 bits per heavy atom.